The molecule has 0 aliphatic rings. The number of nitrogens with zero attached hydrogens (tertiary/aromatic N) is 2. The molecule has 4 nitrogen and oxygen atoms in total. The van der Waals surface area contributed by atoms with Gasteiger partial charge in [-0.15, -0.1) is 10.2 Å². The number of hydrogen-bond acceptors (Lipinski definition) is 5. The first-order valence-corrected chi connectivity index (χ1v) is 6.37. The zero-order chi connectivity index (χ0) is 12.3. The third-order valence-electron chi connectivity index (χ3n) is 2.19. The van der Waals surface area contributed by atoms with Crippen molar-refractivity contribution in [3.8, 4) is 0 Å². The lowest BCUT2D eigenvalue weighted by atomic mass is 10.1. The van der Waals surface area contributed by atoms with Gasteiger partial charge in [-0.2, -0.15) is 0 Å². The summed E-state index contributed by atoms with van der Waals surface area (Å²) >= 11 is 7.40. The monoisotopic (exact) mass is 269 g/mol. The first-order valence-electron chi connectivity index (χ1n) is 5.11. The fraction of sp³-hybridized carbons (Fsp3) is 0.273. The third kappa shape index (κ3) is 3.21. The van der Waals surface area contributed by atoms with Crippen LogP contribution in [0.3, 0.4) is 0 Å². The quantitative estimate of drug-likeness (QED) is 0.865. The van der Waals surface area contributed by atoms with Crippen LogP contribution in [0, 0.1) is 6.92 Å². The molecule has 90 valence electrons. The molecule has 6 heteroatoms. The average molecular weight is 270 g/mol. The van der Waals surface area contributed by atoms with Crippen molar-refractivity contribution in [2.24, 2.45) is 5.73 Å². The van der Waals surface area contributed by atoms with Crippen molar-refractivity contribution in [1.82, 2.24) is 10.2 Å². The Kier molecular flexibility index (Phi) is 4.04. The lowest BCUT2D eigenvalue weighted by Gasteiger charge is -2.12. The van der Waals surface area contributed by atoms with E-state index in [0.29, 0.717) is 22.7 Å². The van der Waals surface area contributed by atoms with E-state index in [1.54, 1.807) is 6.92 Å². The minimum atomic E-state index is 0.0635. The first kappa shape index (κ1) is 12.4. The maximum absolute atomic E-state index is 5.95. The van der Waals surface area contributed by atoms with Crippen molar-refractivity contribution in [2.75, 3.05) is 6.54 Å². The highest BCUT2D eigenvalue weighted by atomic mass is 35.5. The number of rotatable bonds is 4. The third-order valence-corrected chi connectivity index (χ3v) is 3.54. The van der Waals surface area contributed by atoms with Gasteiger partial charge in [-0.25, -0.2) is 0 Å². The molecular formula is C11H12ClN3OS. The summed E-state index contributed by atoms with van der Waals surface area (Å²) in [5.41, 5.74) is 6.81. The van der Waals surface area contributed by atoms with Gasteiger partial charge < -0.3 is 10.2 Å². The summed E-state index contributed by atoms with van der Waals surface area (Å²) in [5, 5.41) is 9.01. The number of thioether (sulfide) groups is 1. The SMILES string of the molecule is Cc1nnc(SC(CN)c2cccc(Cl)c2)o1. The normalized spacial score (nSPS) is 12.6. The predicted octanol–water partition coefficient (Wildman–Crippen LogP) is 2.82. The van der Waals surface area contributed by atoms with Crippen LogP contribution in [0.4, 0.5) is 0 Å². The Balaban J connectivity index is 2.16. The predicted molar refractivity (Wildman–Crippen MR) is 68.1 cm³/mol. The van der Waals surface area contributed by atoms with Gasteiger partial charge in [0, 0.05) is 18.5 Å². The molecule has 1 atom stereocenters. The fourth-order valence-electron chi connectivity index (χ4n) is 1.41. The van der Waals surface area contributed by atoms with Gasteiger partial charge in [0.2, 0.25) is 5.89 Å². The second kappa shape index (κ2) is 5.53. The van der Waals surface area contributed by atoms with E-state index in [4.69, 9.17) is 21.8 Å². The van der Waals surface area contributed by atoms with E-state index >= 15 is 0 Å². The largest absolute Gasteiger partial charge is 0.416 e. The number of aryl methyl sites for hydroxylation is 1. The van der Waals surface area contributed by atoms with Crippen molar-refractivity contribution in [3.63, 3.8) is 0 Å². The Morgan fingerprint density at radius 1 is 1.47 bits per heavy atom. The molecule has 0 saturated heterocycles. The Morgan fingerprint density at radius 3 is 2.88 bits per heavy atom. The molecule has 0 aliphatic carbocycles. The summed E-state index contributed by atoms with van der Waals surface area (Å²) in [6, 6.07) is 7.62. The number of benzene rings is 1. The Bertz CT molecular complexity index is 503. The fourth-order valence-corrected chi connectivity index (χ4v) is 2.48. The highest BCUT2D eigenvalue weighted by molar-refractivity contribution is 7.99. The summed E-state index contributed by atoms with van der Waals surface area (Å²) in [6.45, 7) is 2.24. The maximum Gasteiger partial charge on any atom is 0.277 e. The van der Waals surface area contributed by atoms with Crippen LogP contribution in [-0.2, 0) is 0 Å². The molecule has 0 spiro atoms. The molecule has 0 amide bonds. The molecule has 1 aromatic carbocycles. The smallest absolute Gasteiger partial charge is 0.277 e. The summed E-state index contributed by atoms with van der Waals surface area (Å²) in [6.07, 6.45) is 0. The maximum atomic E-state index is 5.95. The Hall–Kier alpha value is -1.04. The molecule has 2 N–H and O–H groups in total. The van der Waals surface area contributed by atoms with Gasteiger partial charge in [-0.1, -0.05) is 35.5 Å². The molecule has 2 rings (SSSR count). The van der Waals surface area contributed by atoms with Crippen molar-refractivity contribution in [3.05, 3.63) is 40.7 Å². The second-order valence-corrected chi connectivity index (χ2v) is 5.07. The van der Waals surface area contributed by atoms with Gasteiger partial charge in [0.25, 0.3) is 5.22 Å². The minimum Gasteiger partial charge on any atom is -0.416 e. The molecule has 0 fully saturated rings. The van der Waals surface area contributed by atoms with Crippen molar-refractivity contribution in [2.45, 2.75) is 17.4 Å². The van der Waals surface area contributed by atoms with Crippen LogP contribution in [0.1, 0.15) is 16.7 Å². The zero-order valence-electron chi connectivity index (χ0n) is 9.26. The Labute approximate surface area is 109 Å². The van der Waals surface area contributed by atoms with Gasteiger partial charge in [-0.3, -0.25) is 0 Å². The average Bonchev–Trinajstić information content (AvgIpc) is 2.72. The van der Waals surface area contributed by atoms with E-state index in [-0.39, 0.29) is 5.25 Å². The number of hydrogen-bond donors (Lipinski definition) is 1. The summed E-state index contributed by atoms with van der Waals surface area (Å²) in [5.74, 6) is 0.550. The molecule has 0 radical (unpaired) electrons. The van der Waals surface area contributed by atoms with Crippen LogP contribution >= 0.6 is 23.4 Å². The first-order chi connectivity index (χ1) is 8.19. The summed E-state index contributed by atoms with van der Waals surface area (Å²) in [4.78, 5) is 0. The molecule has 0 aliphatic heterocycles. The van der Waals surface area contributed by atoms with Crippen LogP contribution < -0.4 is 5.73 Å². The number of halogens is 1. The molecule has 0 saturated carbocycles. The van der Waals surface area contributed by atoms with E-state index in [9.17, 15) is 0 Å². The summed E-state index contributed by atoms with van der Waals surface area (Å²) in [7, 11) is 0. The van der Waals surface area contributed by atoms with E-state index in [0.717, 1.165) is 5.56 Å². The van der Waals surface area contributed by atoms with Gasteiger partial charge in [0.05, 0.1) is 5.25 Å². The number of nitrogens with two attached hydrogens (primary N) is 1. The van der Waals surface area contributed by atoms with E-state index < -0.39 is 0 Å². The lowest BCUT2D eigenvalue weighted by Crippen LogP contribution is -2.09. The van der Waals surface area contributed by atoms with Gasteiger partial charge >= 0.3 is 0 Å². The summed E-state index contributed by atoms with van der Waals surface area (Å²) < 4.78 is 5.32. The molecule has 17 heavy (non-hydrogen) atoms. The second-order valence-electron chi connectivity index (χ2n) is 3.48. The molecule has 2 aromatic rings. The molecule has 1 heterocycles. The lowest BCUT2D eigenvalue weighted by molar-refractivity contribution is 0.428. The molecule has 1 aromatic heterocycles. The standard InChI is InChI=1S/C11H12ClN3OS/c1-7-14-15-11(16-7)17-10(6-13)8-3-2-4-9(12)5-8/h2-5,10H,6,13H2,1H3. The topological polar surface area (TPSA) is 64.9 Å². The highest BCUT2D eigenvalue weighted by Crippen LogP contribution is 2.34. The minimum absolute atomic E-state index is 0.0635. The van der Waals surface area contributed by atoms with E-state index in [1.165, 1.54) is 11.8 Å². The van der Waals surface area contributed by atoms with Crippen LogP contribution in [0.5, 0.6) is 0 Å². The molecular weight excluding hydrogens is 258 g/mol. The van der Waals surface area contributed by atoms with Crippen LogP contribution in [0.15, 0.2) is 33.9 Å². The molecule has 0 bridgehead atoms. The van der Waals surface area contributed by atoms with Crippen molar-refractivity contribution >= 4 is 23.4 Å². The number of aromatic nitrogens is 2. The molecule has 1 unspecified atom stereocenters. The van der Waals surface area contributed by atoms with Crippen molar-refractivity contribution < 1.29 is 4.42 Å². The van der Waals surface area contributed by atoms with E-state index in [2.05, 4.69) is 10.2 Å². The van der Waals surface area contributed by atoms with E-state index in [1.807, 2.05) is 24.3 Å². The zero-order valence-corrected chi connectivity index (χ0v) is 10.8. The van der Waals surface area contributed by atoms with Crippen molar-refractivity contribution in [1.29, 1.82) is 0 Å². The van der Waals surface area contributed by atoms with Crippen LogP contribution in [-0.4, -0.2) is 16.7 Å². The highest BCUT2D eigenvalue weighted by Gasteiger charge is 2.15. The van der Waals surface area contributed by atoms with Gasteiger partial charge in [0.15, 0.2) is 0 Å². The van der Waals surface area contributed by atoms with Crippen LogP contribution in [0.2, 0.25) is 5.02 Å². The van der Waals surface area contributed by atoms with Crippen LogP contribution in [0.25, 0.3) is 0 Å². The van der Waals surface area contributed by atoms with Gasteiger partial charge in [0.1, 0.15) is 0 Å². The van der Waals surface area contributed by atoms with Gasteiger partial charge in [-0.05, 0) is 17.7 Å². The Morgan fingerprint density at radius 2 is 2.29 bits per heavy atom.